The molecule has 9 heteroatoms. The van der Waals surface area contributed by atoms with E-state index in [2.05, 4.69) is 48.7 Å². The van der Waals surface area contributed by atoms with Crippen molar-refractivity contribution in [2.75, 3.05) is 18.4 Å². The number of hydrogen-bond donors (Lipinski definition) is 3. The molecule has 3 heterocycles. The molecule has 3 amide bonds. The molecule has 2 fully saturated rings. The van der Waals surface area contributed by atoms with Crippen LogP contribution in [0.1, 0.15) is 58.9 Å². The quantitative estimate of drug-likeness (QED) is 0.645. The van der Waals surface area contributed by atoms with Gasteiger partial charge in [0.15, 0.2) is 6.29 Å². The number of anilines is 1. The normalized spacial score (nSPS) is 23.6. The van der Waals surface area contributed by atoms with Crippen LogP contribution in [-0.4, -0.2) is 51.5 Å². The second-order valence-corrected chi connectivity index (χ2v) is 9.30. The summed E-state index contributed by atoms with van der Waals surface area (Å²) in [6.07, 6.45) is 1.58. The van der Waals surface area contributed by atoms with Gasteiger partial charge in [-0.1, -0.05) is 27.7 Å². The predicted molar refractivity (Wildman–Crippen MR) is 109 cm³/mol. The minimum Gasteiger partial charge on any atom is -0.334 e. The van der Waals surface area contributed by atoms with Crippen LogP contribution in [0.15, 0.2) is 6.07 Å². The minimum atomic E-state index is -0.685. The number of carbonyl (C=O) groups is 3. The van der Waals surface area contributed by atoms with Crippen molar-refractivity contribution in [3.05, 3.63) is 11.8 Å². The highest BCUT2D eigenvalue weighted by molar-refractivity contribution is 6.39. The Hall–Kier alpha value is -2.42. The van der Waals surface area contributed by atoms with E-state index in [0.29, 0.717) is 36.9 Å². The Bertz CT molecular complexity index is 789. The molecule has 0 aromatic carbocycles. The summed E-state index contributed by atoms with van der Waals surface area (Å²) < 4.78 is 1.52. The molecule has 3 rings (SSSR count). The molecule has 9 nitrogen and oxygen atoms in total. The third-order valence-electron chi connectivity index (χ3n) is 5.70. The van der Waals surface area contributed by atoms with E-state index in [-0.39, 0.29) is 17.4 Å². The summed E-state index contributed by atoms with van der Waals surface area (Å²) in [5.74, 6) is -0.357. The number of piperidine rings is 1. The first-order valence-electron chi connectivity index (χ1n) is 10.3. The van der Waals surface area contributed by atoms with E-state index in [0.717, 1.165) is 12.8 Å². The van der Waals surface area contributed by atoms with Crippen molar-refractivity contribution in [2.45, 2.75) is 66.2 Å². The first kappa shape index (κ1) is 21.3. The van der Waals surface area contributed by atoms with Gasteiger partial charge in [0, 0.05) is 31.6 Å². The fraction of sp³-hybridized carbons (Fsp3) is 0.700. The van der Waals surface area contributed by atoms with Gasteiger partial charge in [-0.05, 0) is 31.1 Å². The lowest BCUT2D eigenvalue weighted by Crippen LogP contribution is -2.57. The molecule has 1 aromatic heterocycles. The van der Waals surface area contributed by atoms with Crippen LogP contribution in [0.3, 0.4) is 0 Å². The molecule has 2 aliphatic rings. The van der Waals surface area contributed by atoms with Crippen LogP contribution in [0.2, 0.25) is 0 Å². The molecular formula is C20H32N6O3. The lowest BCUT2D eigenvalue weighted by atomic mass is 9.84. The van der Waals surface area contributed by atoms with Gasteiger partial charge >= 0.3 is 11.8 Å². The van der Waals surface area contributed by atoms with Gasteiger partial charge in [0.1, 0.15) is 5.82 Å². The molecule has 1 aromatic rings. The second kappa shape index (κ2) is 8.14. The third-order valence-corrected chi connectivity index (χ3v) is 5.70. The molecule has 0 radical (unpaired) electrons. The predicted octanol–water partition coefficient (Wildman–Crippen LogP) is 1.37. The highest BCUT2D eigenvalue weighted by Crippen LogP contribution is 2.27. The highest BCUT2D eigenvalue weighted by Gasteiger charge is 2.35. The Morgan fingerprint density at radius 3 is 2.52 bits per heavy atom. The maximum absolute atomic E-state index is 12.6. The lowest BCUT2D eigenvalue weighted by Gasteiger charge is -2.39. The van der Waals surface area contributed by atoms with Crippen LogP contribution in [0, 0.1) is 18.3 Å². The Morgan fingerprint density at radius 2 is 1.90 bits per heavy atom. The van der Waals surface area contributed by atoms with Gasteiger partial charge in [-0.2, -0.15) is 5.10 Å². The smallest absolute Gasteiger partial charge is 0.315 e. The zero-order valence-corrected chi connectivity index (χ0v) is 17.9. The molecule has 2 atom stereocenters. The number of aryl methyl sites for hydroxylation is 1. The van der Waals surface area contributed by atoms with E-state index in [1.165, 1.54) is 4.68 Å². The summed E-state index contributed by atoms with van der Waals surface area (Å²) in [6, 6.07) is 1.64. The van der Waals surface area contributed by atoms with E-state index in [4.69, 9.17) is 0 Å². The Balaban J connectivity index is 1.74. The fourth-order valence-corrected chi connectivity index (χ4v) is 3.71. The van der Waals surface area contributed by atoms with Gasteiger partial charge in [0.25, 0.3) is 0 Å². The number of hydrogen-bond acceptors (Lipinski definition) is 5. The molecule has 2 unspecified atom stereocenters. The van der Waals surface area contributed by atoms with Crippen molar-refractivity contribution in [2.24, 2.45) is 11.3 Å². The van der Waals surface area contributed by atoms with Gasteiger partial charge in [-0.25, -0.2) is 4.68 Å². The van der Waals surface area contributed by atoms with Crippen LogP contribution >= 0.6 is 0 Å². The van der Waals surface area contributed by atoms with Crippen LogP contribution in [0.4, 0.5) is 5.82 Å². The number of rotatable bonds is 2. The summed E-state index contributed by atoms with van der Waals surface area (Å²) in [4.78, 5) is 39.0. The van der Waals surface area contributed by atoms with Crippen LogP contribution in [0.25, 0.3) is 0 Å². The van der Waals surface area contributed by atoms with Gasteiger partial charge < -0.3 is 15.5 Å². The SMILES string of the molecule is Cc1cc(NC(=O)C(=O)N2CCC(C)CC2)n(C2NC(=O)CC(C(C)(C)C)N2)n1. The van der Waals surface area contributed by atoms with E-state index in [1.807, 2.05) is 0 Å². The first-order chi connectivity index (χ1) is 13.5. The monoisotopic (exact) mass is 404 g/mol. The molecule has 0 saturated carbocycles. The van der Waals surface area contributed by atoms with E-state index in [9.17, 15) is 14.4 Å². The average molecular weight is 405 g/mol. The molecule has 29 heavy (non-hydrogen) atoms. The Kier molecular flexibility index (Phi) is 5.97. The second-order valence-electron chi connectivity index (χ2n) is 9.30. The largest absolute Gasteiger partial charge is 0.334 e. The van der Waals surface area contributed by atoms with Crippen LogP contribution in [-0.2, 0) is 14.4 Å². The number of aromatic nitrogens is 2. The molecule has 3 N–H and O–H groups in total. The third kappa shape index (κ3) is 4.95. The van der Waals surface area contributed by atoms with Gasteiger partial charge in [-0.15, -0.1) is 0 Å². The van der Waals surface area contributed by atoms with Crippen molar-refractivity contribution >= 4 is 23.5 Å². The van der Waals surface area contributed by atoms with Crippen LogP contribution in [0.5, 0.6) is 0 Å². The number of amides is 3. The van der Waals surface area contributed by atoms with Crippen LogP contribution < -0.4 is 16.0 Å². The van der Waals surface area contributed by atoms with E-state index < -0.39 is 18.1 Å². The Morgan fingerprint density at radius 1 is 1.24 bits per heavy atom. The number of carbonyl (C=O) groups excluding carboxylic acids is 3. The molecule has 160 valence electrons. The molecule has 2 aliphatic heterocycles. The van der Waals surface area contributed by atoms with E-state index in [1.54, 1.807) is 17.9 Å². The van der Waals surface area contributed by atoms with Gasteiger partial charge in [0.05, 0.1) is 5.69 Å². The topological polar surface area (TPSA) is 108 Å². The average Bonchev–Trinajstić information content (AvgIpc) is 3.00. The number of likely N-dealkylation sites (tertiary alicyclic amines) is 1. The van der Waals surface area contributed by atoms with Crippen molar-refractivity contribution < 1.29 is 14.4 Å². The zero-order valence-electron chi connectivity index (χ0n) is 17.9. The van der Waals surface area contributed by atoms with Crippen molar-refractivity contribution in [3.63, 3.8) is 0 Å². The summed E-state index contributed by atoms with van der Waals surface area (Å²) in [7, 11) is 0. The van der Waals surface area contributed by atoms with Gasteiger partial charge in [-0.3, -0.25) is 19.7 Å². The maximum atomic E-state index is 12.6. The zero-order chi connectivity index (χ0) is 21.3. The molecule has 2 saturated heterocycles. The summed E-state index contributed by atoms with van der Waals surface area (Å²) in [6.45, 7) is 11.3. The maximum Gasteiger partial charge on any atom is 0.315 e. The standard InChI is InChI=1S/C20H32N6O3/c1-12-6-8-25(9-7-12)18(29)17(28)22-15-10-13(2)24-26(15)19-21-14(20(3,4)5)11-16(27)23-19/h10,12,14,19,21H,6-9,11H2,1-5H3,(H,22,28)(H,23,27). The lowest BCUT2D eigenvalue weighted by molar-refractivity contribution is -0.144. The molecule has 0 bridgehead atoms. The number of nitrogens with one attached hydrogen (secondary N) is 3. The van der Waals surface area contributed by atoms with Gasteiger partial charge in [0.2, 0.25) is 5.91 Å². The summed E-state index contributed by atoms with van der Waals surface area (Å²) in [5, 5.41) is 13.4. The minimum absolute atomic E-state index is 0.0497. The summed E-state index contributed by atoms with van der Waals surface area (Å²) in [5.41, 5.74) is 0.552. The van der Waals surface area contributed by atoms with Crippen molar-refractivity contribution in [3.8, 4) is 0 Å². The summed E-state index contributed by atoms with van der Waals surface area (Å²) >= 11 is 0. The Labute approximate surface area is 171 Å². The molecule has 0 aliphatic carbocycles. The van der Waals surface area contributed by atoms with E-state index >= 15 is 0 Å². The fourth-order valence-electron chi connectivity index (χ4n) is 3.71. The number of nitrogens with zero attached hydrogens (tertiary/aromatic N) is 3. The highest BCUT2D eigenvalue weighted by atomic mass is 16.2. The van der Waals surface area contributed by atoms with Crippen molar-refractivity contribution in [1.82, 2.24) is 25.3 Å². The van der Waals surface area contributed by atoms with Crippen molar-refractivity contribution in [1.29, 1.82) is 0 Å². The first-order valence-corrected chi connectivity index (χ1v) is 10.3. The molecule has 0 spiro atoms. The molecular weight excluding hydrogens is 372 g/mol.